The van der Waals surface area contributed by atoms with E-state index in [-0.39, 0.29) is 23.9 Å². The zero-order valence-electron chi connectivity index (χ0n) is 16.5. The Balaban J connectivity index is 1.60. The quantitative estimate of drug-likeness (QED) is 0.502. The lowest BCUT2D eigenvalue weighted by molar-refractivity contribution is -0.117. The second-order valence-electron chi connectivity index (χ2n) is 6.49. The lowest BCUT2D eigenvalue weighted by atomic mass is 10.1. The standard InChI is InChI=1S/C22H23NO6/c1-3-28-20-13-16(8-11-19(20)27-2)22(26)29-14-18(24)15-6-9-17(10-7-15)23-12-4-5-21(23)25/h6-11,13H,3-5,12,14H2,1-2H3. The Hall–Kier alpha value is -3.35. The fraction of sp³-hybridized carbons (Fsp3) is 0.318. The van der Waals surface area contributed by atoms with Crippen molar-refractivity contribution in [3.8, 4) is 11.5 Å². The van der Waals surface area contributed by atoms with Crippen LogP contribution in [0.2, 0.25) is 0 Å². The van der Waals surface area contributed by atoms with Crippen LogP contribution in [0.15, 0.2) is 42.5 Å². The number of anilines is 1. The predicted octanol–water partition coefficient (Wildman–Crippen LogP) is 3.26. The third kappa shape index (κ3) is 4.74. The number of carbonyl (C=O) groups excluding carboxylic acids is 3. The molecule has 152 valence electrons. The summed E-state index contributed by atoms with van der Waals surface area (Å²) in [6.07, 6.45) is 1.39. The summed E-state index contributed by atoms with van der Waals surface area (Å²) in [4.78, 5) is 38.1. The highest BCUT2D eigenvalue weighted by atomic mass is 16.5. The van der Waals surface area contributed by atoms with Crippen LogP contribution in [0.4, 0.5) is 5.69 Å². The smallest absolute Gasteiger partial charge is 0.338 e. The molecule has 1 saturated heterocycles. The molecule has 0 saturated carbocycles. The summed E-state index contributed by atoms with van der Waals surface area (Å²) in [5.74, 6) is 0.0835. The van der Waals surface area contributed by atoms with Gasteiger partial charge in [-0.25, -0.2) is 4.79 Å². The third-order valence-electron chi connectivity index (χ3n) is 4.61. The van der Waals surface area contributed by atoms with Gasteiger partial charge in [0.15, 0.2) is 23.9 Å². The molecule has 1 aliphatic rings. The minimum absolute atomic E-state index is 0.0870. The fourth-order valence-corrected chi connectivity index (χ4v) is 3.12. The van der Waals surface area contributed by atoms with Crippen molar-refractivity contribution in [2.75, 3.05) is 31.8 Å². The Morgan fingerprint density at radius 3 is 2.38 bits per heavy atom. The molecule has 2 aromatic carbocycles. The zero-order valence-corrected chi connectivity index (χ0v) is 16.5. The van der Waals surface area contributed by atoms with E-state index in [0.717, 1.165) is 12.1 Å². The number of nitrogens with zero attached hydrogens (tertiary/aromatic N) is 1. The van der Waals surface area contributed by atoms with Gasteiger partial charge in [-0.1, -0.05) is 0 Å². The van der Waals surface area contributed by atoms with Crippen molar-refractivity contribution in [2.45, 2.75) is 19.8 Å². The highest BCUT2D eigenvalue weighted by Gasteiger charge is 2.22. The van der Waals surface area contributed by atoms with Crippen molar-refractivity contribution in [1.82, 2.24) is 0 Å². The summed E-state index contributed by atoms with van der Waals surface area (Å²) in [7, 11) is 1.51. The molecule has 0 N–H and O–H groups in total. The molecule has 2 aromatic rings. The van der Waals surface area contributed by atoms with E-state index >= 15 is 0 Å². The van der Waals surface area contributed by atoms with Crippen molar-refractivity contribution >= 4 is 23.3 Å². The molecule has 1 fully saturated rings. The first-order valence-corrected chi connectivity index (χ1v) is 9.45. The number of methoxy groups -OCH3 is 1. The minimum Gasteiger partial charge on any atom is -0.493 e. The molecular weight excluding hydrogens is 374 g/mol. The summed E-state index contributed by atoms with van der Waals surface area (Å²) in [6, 6.07) is 11.4. The molecule has 7 nitrogen and oxygen atoms in total. The van der Waals surface area contributed by atoms with Gasteiger partial charge < -0.3 is 19.1 Å². The summed E-state index contributed by atoms with van der Waals surface area (Å²) in [6.45, 7) is 2.56. The van der Waals surface area contributed by atoms with Crippen molar-refractivity contribution in [3.05, 3.63) is 53.6 Å². The van der Waals surface area contributed by atoms with Crippen LogP contribution in [0.3, 0.4) is 0 Å². The largest absolute Gasteiger partial charge is 0.493 e. The van der Waals surface area contributed by atoms with Crippen LogP contribution in [0.25, 0.3) is 0 Å². The molecule has 1 aliphatic heterocycles. The number of ether oxygens (including phenoxy) is 3. The van der Waals surface area contributed by atoms with Gasteiger partial charge in [0.1, 0.15) is 0 Å². The Kier molecular flexibility index (Phi) is 6.49. The highest BCUT2D eigenvalue weighted by Crippen LogP contribution is 2.28. The first-order valence-electron chi connectivity index (χ1n) is 9.45. The van der Waals surface area contributed by atoms with Crippen molar-refractivity contribution in [1.29, 1.82) is 0 Å². The molecule has 29 heavy (non-hydrogen) atoms. The van der Waals surface area contributed by atoms with Crippen LogP contribution < -0.4 is 14.4 Å². The second-order valence-corrected chi connectivity index (χ2v) is 6.49. The van der Waals surface area contributed by atoms with Crippen LogP contribution >= 0.6 is 0 Å². The van der Waals surface area contributed by atoms with Crippen molar-refractivity contribution in [3.63, 3.8) is 0 Å². The predicted molar refractivity (Wildman–Crippen MR) is 107 cm³/mol. The topological polar surface area (TPSA) is 82.1 Å². The van der Waals surface area contributed by atoms with Crippen LogP contribution in [0.5, 0.6) is 11.5 Å². The van der Waals surface area contributed by atoms with Crippen LogP contribution in [-0.2, 0) is 9.53 Å². The van der Waals surface area contributed by atoms with E-state index in [0.29, 0.717) is 36.6 Å². The van der Waals surface area contributed by atoms with E-state index in [9.17, 15) is 14.4 Å². The number of hydrogen-bond acceptors (Lipinski definition) is 6. The molecule has 0 spiro atoms. The van der Waals surface area contributed by atoms with Gasteiger partial charge in [0.25, 0.3) is 0 Å². The Bertz CT molecular complexity index is 906. The van der Waals surface area contributed by atoms with Gasteiger partial charge in [-0.05, 0) is 55.8 Å². The third-order valence-corrected chi connectivity index (χ3v) is 4.61. The van der Waals surface area contributed by atoms with Gasteiger partial charge in [0.05, 0.1) is 19.3 Å². The van der Waals surface area contributed by atoms with Crippen LogP contribution in [-0.4, -0.2) is 44.5 Å². The highest BCUT2D eigenvalue weighted by molar-refractivity contribution is 6.00. The minimum atomic E-state index is -0.624. The molecule has 0 unspecified atom stereocenters. The number of hydrogen-bond donors (Lipinski definition) is 0. The van der Waals surface area contributed by atoms with Crippen LogP contribution in [0, 0.1) is 0 Å². The maximum absolute atomic E-state index is 12.3. The fourth-order valence-electron chi connectivity index (χ4n) is 3.12. The van der Waals surface area contributed by atoms with Crippen molar-refractivity contribution in [2.24, 2.45) is 0 Å². The molecule has 0 aliphatic carbocycles. The van der Waals surface area contributed by atoms with E-state index in [1.807, 2.05) is 6.92 Å². The average molecular weight is 397 g/mol. The maximum Gasteiger partial charge on any atom is 0.338 e. The molecule has 0 aromatic heterocycles. The van der Waals surface area contributed by atoms with E-state index in [1.54, 1.807) is 41.3 Å². The second kappa shape index (κ2) is 9.23. The van der Waals surface area contributed by atoms with E-state index < -0.39 is 5.97 Å². The van der Waals surface area contributed by atoms with Gasteiger partial charge in [0, 0.05) is 24.2 Å². The van der Waals surface area contributed by atoms with E-state index in [2.05, 4.69) is 0 Å². The van der Waals surface area contributed by atoms with Gasteiger partial charge >= 0.3 is 5.97 Å². The summed E-state index contributed by atoms with van der Waals surface area (Å²) < 4.78 is 15.8. The Morgan fingerprint density at radius 1 is 1.03 bits per heavy atom. The number of esters is 1. The van der Waals surface area contributed by atoms with Gasteiger partial charge in [-0.15, -0.1) is 0 Å². The van der Waals surface area contributed by atoms with E-state index in [1.165, 1.54) is 13.2 Å². The molecule has 0 bridgehead atoms. The summed E-state index contributed by atoms with van der Waals surface area (Å²) in [5.41, 5.74) is 1.45. The lowest BCUT2D eigenvalue weighted by Crippen LogP contribution is -2.23. The molecule has 1 heterocycles. The maximum atomic E-state index is 12.3. The first-order chi connectivity index (χ1) is 14.0. The number of amides is 1. The number of carbonyl (C=O) groups is 3. The number of benzene rings is 2. The van der Waals surface area contributed by atoms with Gasteiger partial charge in [0.2, 0.25) is 5.91 Å². The van der Waals surface area contributed by atoms with Crippen LogP contribution in [0.1, 0.15) is 40.5 Å². The summed E-state index contributed by atoms with van der Waals surface area (Å²) in [5, 5.41) is 0. The van der Waals surface area contributed by atoms with Gasteiger partial charge in [-0.3, -0.25) is 9.59 Å². The average Bonchev–Trinajstić information content (AvgIpc) is 3.18. The normalized spacial score (nSPS) is 13.3. The molecule has 0 radical (unpaired) electrons. The first kappa shape index (κ1) is 20.4. The van der Waals surface area contributed by atoms with E-state index in [4.69, 9.17) is 14.2 Å². The number of ketones is 1. The Morgan fingerprint density at radius 2 is 1.76 bits per heavy atom. The molecule has 3 rings (SSSR count). The lowest BCUT2D eigenvalue weighted by Gasteiger charge is -2.15. The Labute approximate surface area is 169 Å². The molecular formula is C22H23NO6. The SMILES string of the molecule is CCOc1cc(C(=O)OCC(=O)c2ccc(N3CCCC3=O)cc2)ccc1OC. The van der Waals surface area contributed by atoms with Gasteiger partial charge in [-0.2, -0.15) is 0 Å². The molecule has 7 heteroatoms. The molecule has 0 atom stereocenters. The number of rotatable bonds is 8. The number of Topliss-reactive ketones (excluding diaryl/α,β-unsaturated/α-hetero) is 1. The monoisotopic (exact) mass is 397 g/mol. The molecule has 1 amide bonds. The summed E-state index contributed by atoms with van der Waals surface area (Å²) >= 11 is 0. The zero-order chi connectivity index (χ0) is 20.8. The van der Waals surface area contributed by atoms with Crippen molar-refractivity contribution < 1.29 is 28.6 Å².